The van der Waals surface area contributed by atoms with E-state index in [1.807, 2.05) is 12.1 Å². The molecule has 1 atom stereocenters. The Morgan fingerprint density at radius 2 is 2.36 bits per heavy atom. The Morgan fingerprint density at radius 3 is 2.86 bits per heavy atom. The Morgan fingerprint density at radius 1 is 1.64 bits per heavy atom. The lowest BCUT2D eigenvalue weighted by molar-refractivity contribution is 0.827. The Labute approximate surface area is 92.8 Å². The molecule has 0 aromatic carbocycles. The van der Waals surface area contributed by atoms with Gasteiger partial charge in [-0.15, -0.1) is 11.3 Å². The molecular formula is C10H13ClN2S. The topological polar surface area (TPSA) is 38.4 Å². The Hall–Kier alpha value is -0.540. The predicted molar refractivity (Wildman–Crippen MR) is 62.1 cm³/mol. The Balaban J connectivity index is 2.07. The monoisotopic (exact) mass is 228 g/mol. The van der Waals surface area contributed by atoms with Crippen molar-refractivity contribution in [2.24, 2.45) is 16.6 Å². The summed E-state index contributed by atoms with van der Waals surface area (Å²) in [4.78, 5) is 5.65. The molecule has 0 amide bonds. The largest absolute Gasteiger partial charge is 0.387 e. The summed E-state index contributed by atoms with van der Waals surface area (Å²) in [5.74, 6) is 1.36. The highest BCUT2D eigenvalue weighted by Crippen LogP contribution is 2.32. The zero-order valence-corrected chi connectivity index (χ0v) is 9.61. The number of hydrogen-bond donors (Lipinski definition) is 1. The van der Waals surface area contributed by atoms with Crippen LogP contribution in [-0.4, -0.2) is 5.84 Å². The van der Waals surface area contributed by atoms with Crippen molar-refractivity contribution >= 4 is 28.8 Å². The quantitative estimate of drug-likeness (QED) is 0.626. The molecule has 0 aliphatic heterocycles. The van der Waals surface area contributed by atoms with E-state index in [4.69, 9.17) is 17.3 Å². The first-order valence-corrected chi connectivity index (χ1v) is 5.94. The summed E-state index contributed by atoms with van der Waals surface area (Å²) in [5, 5.41) is 0. The van der Waals surface area contributed by atoms with Crippen molar-refractivity contribution in [1.82, 2.24) is 0 Å². The van der Waals surface area contributed by atoms with Crippen LogP contribution in [0.15, 0.2) is 17.1 Å². The standard InChI is InChI=1S/C10H13ClN2S/c1-6(8-4-5-9(11)14-8)13-10(12)7-2-3-7/h4-7H,2-3H2,1H3,(H2,12,13). The number of nitrogens with zero attached hydrogens (tertiary/aromatic N) is 1. The second-order valence-corrected chi connectivity index (χ2v) is 5.39. The molecule has 2 nitrogen and oxygen atoms in total. The number of aliphatic imine (C=N–C) groups is 1. The smallest absolute Gasteiger partial charge is 0.0976 e. The fourth-order valence-electron chi connectivity index (χ4n) is 1.32. The molecule has 0 bridgehead atoms. The van der Waals surface area contributed by atoms with Gasteiger partial charge in [0.25, 0.3) is 0 Å². The molecule has 1 aliphatic carbocycles. The van der Waals surface area contributed by atoms with Crippen LogP contribution in [0.5, 0.6) is 0 Å². The maximum atomic E-state index is 5.85. The van der Waals surface area contributed by atoms with Crippen molar-refractivity contribution in [2.45, 2.75) is 25.8 Å². The molecule has 1 saturated carbocycles. The highest BCUT2D eigenvalue weighted by atomic mass is 35.5. The minimum absolute atomic E-state index is 0.146. The summed E-state index contributed by atoms with van der Waals surface area (Å²) in [7, 11) is 0. The molecule has 0 radical (unpaired) electrons. The first-order valence-electron chi connectivity index (χ1n) is 4.75. The van der Waals surface area contributed by atoms with Crippen molar-refractivity contribution < 1.29 is 0 Å². The molecular weight excluding hydrogens is 216 g/mol. The number of nitrogens with two attached hydrogens (primary N) is 1. The van der Waals surface area contributed by atoms with E-state index in [1.54, 1.807) is 11.3 Å². The van der Waals surface area contributed by atoms with E-state index in [-0.39, 0.29) is 6.04 Å². The number of amidine groups is 1. The van der Waals surface area contributed by atoms with Gasteiger partial charge in [0.1, 0.15) is 0 Å². The summed E-state index contributed by atoms with van der Waals surface area (Å²) in [6.07, 6.45) is 2.40. The maximum absolute atomic E-state index is 5.85. The lowest BCUT2D eigenvalue weighted by atomic mass is 10.3. The van der Waals surface area contributed by atoms with Crippen LogP contribution in [-0.2, 0) is 0 Å². The second-order valence-electron chi connectivity index (χ2n) is 3.65. The van der Waals surface area contributed by atoms with Crippen molar-refractivity contribution in [3.05, 3.63) is 21.3 Å². The summed E-state index contributed by atoms with van der Waals surface area (Å²) >= 11 is 7.43. The van der Waals surface area contributed by atoms with Gasteiger partial charge in [-0.2, -0.15) is 0 Å². The molecule has 2 N–H and O–H groups in total. The van der Waals surface area contributed by atoms with Crippen molar-refractivity contribution in [3.8, 4) is 0 Å². The third kappa shape index (κ3) is 2.28. The van der Waals surface area contributed by atoms with E-state index in [1.165, 1.54) is 17.7 Å². The molecule has 1 fully saturated rings. The fraction of sp³-hybridized carbons (Fsp3) is 0.500. The number of hydrogen-bond acceptors (Lipinski definition) is 2. The molecule has 1 aromatic heterocycles. The summed E-state index contributed by atoms with van der Waals surface area (Å²) in [5.41, 5.74) is 5.85. The zero-order chi connectivity index (χ0) is 10.1. The van der Waals surface area contributed by atoms with E-state index >= 15 is 0 Å². The van der Waals surface area contributed by atoms with Crippen LogP contribution in [0.1, 0.15) is 30.7 Å². The lowest BCUT2D eigenvalue weighted by Crippen LogP contribution is -2.14. The van der Waals surface area contributed by atoms with Crippen LogP contribution in [0, 0.1) is 5.92 Å². The fourth-order valence-corrected chi connectivity index (χ4v) is 2.38. The third-order valence-electron chi connectivity index (χ3n) is 2.34. The molecule has 1 heterocycles. The molecule has 76 valence electrons. The molecule has 2 rings (SSSR count). The predicted octanol–water partition coefficient (Wildman–Crippen LogP) is 3.23. The number of rotatable bonds is 3. The van der Waals surface area contributed by atoms with Gasteiger partial charge in [-0.25, -0.2) is 0 Å². The van der Waals surface area contributed by atoms with Crippen LogP contribution in [0.2, 0.25) is 4.34 Å². The van der Waals surface area contributed by atoms with Gasteiger partial charge in [-0.3, -0.25) is 4.99 Å². The van der Waals surface area contributed by atoms with Crippen molar-refractivity contribution in [2.75, 3.05) is 0 Å². The van der Waals surface area contributed by atoms with Crippen LogP contribution < -0.4 is 5.73 Å². The molecule has 1 aromatic rings. The SMILES string of the molecule is CC(N=C(N)C1CC1)c1ccc(Cl)s1. The molecule has 1 aliphatic rings. The van der Waals surface area contributed by atoms with Gasteiger partial charge < -0.3 is 5.73 Å². The highest BCUT2D eigenvalue weighted by Gasteiger charge is 2.26. The van der Waals surface area contributed by atoms with Gasteiger partial charge in [-0.1, -0.05) is 11.6 Å². The molecule has 14 heavy (non-hydrogen) atoms. The van der Waals surface area contributed by atoms with Crippen molar-refractivity contribution in [3.63, 3.8) is 0 Å². The normalized spacial score (nSPS) is 19.7. The van der Waals surface area contributed by atoms with Gasteiger partial charge in [0, 0.05) is 10.8 Å². The van der Waals surface area contributed by atoms with Crippen LogP contribution in [0.3, 0.4) is 0 Å². The first-order chi connectivity index (χ1) is 6.66. The van der Waals surface area contributed by atoms with Crippen LogP contribution in [0.25, 0.3) is 0 Å². The molecule has 1 unspecified atom stereocenters. The van der Waals surface area contributed by atoms with E-state index in [2.05, 4.69) is 11.9 Å². The first kappa shape index (κ1) is 9.99. The summed E-state index contributed by atoms with van der Waals surface area (Å²) < 4.78 is 0.812. The summed E-state index contributed by atoms with van der Waals surface area (Å²) in [6.45, 7) is 2.05. The summed E-state index contributed by atoms with van der Waals surface area (Å²) in [6, 6.07) is 4.07. The van der Waals surface area contributed by atoms with Gasteiger partial charge in [0.2, 0.25) is 0 Å². The molecule has 0 spiro atoms. The Bertz CT molecular complexity index is 355. The Kier molecular flexibility index (Phi) is 2.79. The van der Waals surface area contributed by atoms with E-state index in [0.717, 1.165) is 10.2 Å². The van der Waals surface area contributed by atoms with Crippen LogP contribution >= 0.6 is 22.9 Å². The average Bonchev–Trinajstić information content (AvgIpc) is 2.89. The molecule has 4 heteroatoms. The third-order valence-corrected chi connectivity index (χ3v) is 3.75. The average molecular weight is 229 g/mol. The lowest BCUT2D eigenvalue weighted by Gasteiger charge is -2.04. The van der Waals surface area contributed by atoms with Gasteiger partial charge >= 0.3 is 0 Å². The van der Waals surface area contributed by atoms with E-state index in [9.17, 15) is 0 Å². The van der Waals surface area contributed by atoms with Gasteiger partial charge in [0.05, 0.1) is 16.2 Å². The minimum Gasteiger partial charge on any atom is -0.387 e. The molecule has 0 saturated heterocycles. The van der Waals surface area contributed by atoms with Gasteiger partial charge in [0.15, 0.2) is 0 Å². The second kappa shape index (κ2) is 3.91. The van der Waals surface area contributed by atoms with Crippen LogP contribution in [0.4, 0.5) is 0 Å². The van der Waals surface area contributed by atoms with Crippen molar-refractivity contribution in [1.29, 1.82) is 0 Å². The number of halogens is 1. The minimum atomic E-state index is 0.146. The number of thiophene rings is 1. The highest BCUT2D eigenvalue weighted by molar-refractivity contribution is 7.16. The zero-order valence-electron chi connectivity index (χ0n) is 8.03. The van der Waals surface area contributed by atoms with Gasteiger partial charge in [-0.05, 0) is 31.9 Å². The van der Waals surface area contributed by atoms with E-state index < -0.39 is 0 Å². The maximum Gasteiger partial charge on any atom is 0.0976 e. The van der Waals surface area contributed by atoms with E-state index in [0.29, 0.717) is 5.92 Å².